The van der Waals surface area contributed by atoms with Crippen molar-refractivity contribution in [3.63, 3.8) is 0 Å². The number of hydrogen-bond donors (Lipinski definition) is 3. The van der Waals surface area contributed by atoms with Crippen molar-refractivity contribution >= 4 is 46.9 Å². The van der Waals surface area contributed by atoms with Gasteiger partial charge in [-0.2, -0.15) is 0 Å². The molecule has 20 nitrogen and oxygen atoms in total. The zero-order valence-electron chi connectivity index (χ0n) is 38.6. The lowest BCUT2D eigenvalue weighted by Crippen LogP contribution is -2.39. The van der Waals surface area contributed by atoms with Gasteiger partial charge in [-0.25, -0.2) is 0 Å². The minimum absolute atomic E-state index is 0.00919. The summed E-state index contributed by atoms with van der Waals surface area (Å²) in [6, 6.07) is 9.25. The van der Waals surface area contributed by atoms with Gasteiger partial charge in [0.05, 0.1) is 119 Å². The van der Waals surface area contributed by atoms with Crippen LogP contribution in [0.1, 0.15) is 51.5 Å². The number of ether oxygens (including phenoxy) is 8. The lowest BCUT2D eigenvalue weighted by atomic mass is 9.93. The van der Waals surface area contributed by atoms with Gasteiger partial charge in [0.1, 0.15) is 5.78 Å². The van der Waals surface area contributed by atoms with E-state index < -0.39 is 29.5 Å². The number of hydrogen-bond acceptors (Lipinski definition) is 16. The Morgan fingerprint density at radius 1 is 0.515 bits per heavy atom. The summed E-state index contributed by atoms with van der Waals surface area (Å²) in [7, 11) is 0. The van der Waals surface area contributed by atoms with Crippen molar-refractivity contribution in [2.45, 2.75) is 52.4 Å². The van der Waals surface area contributed by atoms with Gasteiger partial charge in [-0.1, -0.05) is 44.2 Å². The Balaban J connectivity index is 1.30. The molecule has 3 N–H and O–H groups in total. The first kappa shape index (κ1) is 57.3. The van der Waals surface area contributed by atoms with Crippen LogP contribution >= 0.6 is 0 Å². The Labute approximate surface area is 387 Å². The average Bonchev–Trinajstić information content (AvgIpc) is 3.63. The summed E-state index contributed by atoms with van der Waals surface area (Å²) in [6.07, 6.45) is 2.68. The fraction of sp³-hybridized carbons (Fsp3) is 0.652. The highest BCUT2D eigenvalue weighted by Crippen LogP contribution is 2.14. The third kappa shape index (κ3) is 29.7. The molecule has 1 atom stereocenters. The summed E-state index contributed by atoms with van der Waals surface area (Å²) >= 11 is 0. The Morgan fingerprint density at radius 2 is 0.985 bits per heavy atom. The smallest absolute Gasteiger partial charge is 0.253 e. The third-order valence-corrected chi connectivity index (χ3v) is 9.53. The van der Waals surface area contributed by atoms with E-state index in [9.17, 15) is 38.4 Å². The molecule has 5 amide bonds. The third-order valence-electron chi connectivity index (χ3n) is 9.53. The van der Waals surface area contributed by atoms with Gasteiger partial charge in [-0.15, -0.1) is 0 Å². The van der Waals surface area contributed by atoms with Crippen molar-refractivity contribution in [1.29, 1.82) is 0 Å². The number of imide groups is 1. The van der Waals surface area contributed by atoms with Crippen molar-refractivity contribution in [3.8, 4) is 0 Å². The minimum Gasteiger partial charge on any atom is -0.379 e. The van der Waals surface area contributed by atoms with E-state index in [0.29, 0.717) is 112 Å². The standard InChI is InChI=1S/C46H70N4O16/c1-36(2)41(53)35-49-46(58)38(32-37-6-4-3-5-7-37)33-40(52)34-48-42(54)9-8-39(51)13-16-59-18-20-61-22-24-63-26-28-65-30-31-66-29-27-64-25-23-62-21-19-60-17-14-47-43(55)12-15-50-44(56)10-11-45(50)57/h3-7,10-11,36,38H,8-9,12-35H2,1-2H3,(H,47,55)(H,48,54)(H,49,58)/t38-/m1/s1. The minimum atomic E-state index is -0.703. The summed E-state index contributed by atoms with van der Waals surface area (Å²) < 4.78 is 43.6. The monoisotopic (exact) mass is 934 g/mol. The maximum Gasteiger partial charge on any atom is 0.253 e. The lowest BCUT2D eigenvalue weighted by molar-refractivity contribution is -0.137. The van der Waals surface area contributed by atoms with Crippen molar-refractivity contribution in [3.05, 3.63) is 48.0 Å². The van der Waals surface area contributed by atoms with Crippen LogP contribution in [-0.2, 0) is 82.7 Å². The van der Waals surface area contributed by atoms with Crippen molar-refractivity contribution in [2.75, 3.05) is 132 Å². The molecule has 0 saturated heterocycles. The highest BCUT2D eigenvalue weighted by molar-refractivity contribution is 6.13. The molecule has 0 aromatic heterocycles. The number of amides is 5. The zero-order valence-corrected chi connectivity index (χ0v) is 38.6. The molecule has 0 unspecified atom stereocenters. The molecule has 2 rings (SSSR count). The van der Waals surface area contributed by atoms with Crippen LogP contribution in [0.5, 0.6) is 0 Å². The van der Waals surface area contributed by atoms with Crippen LogP contribution in [0.15, 0.2) is 42.5 Å². The highest BCUT2D eigenvalue weighted by Gasteiger charge is 2.25. The molecular weight excluding hydrogens is 865 g/mol. The summed E-state index contributed by atoms with van der Waals surface area (Å²) in [5.41, 5.74) is 0.872. The number of nitrogens with zero attached hydrogens (tertiary/aromatic N) is 1. The van der Waals surface area contributed by atoms with E-state index in [0.717, 1.165) is 10.5 Å². The Bertz CT molecular complexity index is 1610. The SMILES string of the molecule is CC(C)C(=O)CNC(=O)[C@@H](CC(=O)CNC(=O)CCC(=O)CCOCCOCCOCCOCCOCCOCCOCCOCCNC(=O)CCN1C(=O)C=CC1=O)Cc1ccccc1. The maximum atomic E-state index is 12.9. The fourth-order valence-electron chi connectivity index (χ4n) is 5.73. The molecule has 0 saturated carbocycles. The van der Waals surface area contributed by atoms with Gasteiger partial charge in [0.25, 0.3) is 11.8 Å². The number of nitrogens with one attached hydrogen (secondary N) is 3. The lowest BCUT2D eigenvalue weighted by Gasteiger charge is -2.17. The summed E-state index contributed by atoms with van der Waals surface area (Å²) in [6.45, 7) is 9.43. The van der Waals surface area contributed by atoms with Crippen LogP contribution < -0.4 is 16.0 Å². The maximum absolute atomic E-state index is 12.9. The molecule has 20 heteroatoms. The summed E-state index contributed by atoms with van der Waals surface area (Å²) in [4.78, 5) is 97.9. The van der Waals surface area contributed by atoms with Gasteiger partial charge in [0.15, 0.2) is 11.6 Å². The molecule has 1 aromatic carbocycles. The fourth-order valence-corrected chi connectivity index (χ4v) is 5.73. The number of rotatable bonds is 43. The number of Topliss-reactive ketones (excluding diaryl/α,β-unsaturated/α-hetero) is 3. The number of carbonyl (C=O) groups is 8. The Hall–Kier alpha value is -4.80. The van der Waals surface area contributed by atoms with Crippen molar-refractivity contribution in [2.24, 2.45) is 11.8 Å². The van der Waals surface area contributed by atoms with Crippen LogP contribution in [0.3, 0.4) is 0 Å². The van der Waals surface area contributed by atoms with Crippen LogP contribution in [0.2, 0.25) is 0 Å². The predicted octanol–water partition coefficient (Wildman–Crippen LogP) is 0.566. The van der Waals surface area contributed by atoms with E-state index in [-0.39, 0.29) is 87.5 Å². The van der Waals surface area contributed by atoms with E-state index in [1.54, 1.807) is 13.8 Å². The van der Waals surface area contributed by atoms with Crippen molar-refractivity contribution in [1.82, 2.24) is 20.9 Å². The van der Waals surface area contributed by atoms with Crippen molar-refractivity contribution < 1.29 is 76.3 Å². The summed E-state index contributed by atoms with van der Waals surface area (Å²) in [5.74, 6) is -3.44. The molecule has 1 aliphatic heterocycles. The van der Waals surface area contributed by atoms with E-state index in [1.807, 2.05) is 30.3 Å². The number of ketones is 3. The van der Waals surface area contributed by atoms with Gasteiger partial charge in [0, 0.05) is 69.2 Å². The molecule has 1 aromatic rings. The van der Waals surface area contributed by atoms with E-state index in [1.165, 1.54) is 12.2 Å². The average molecular weight is 935 g/mol. The highest BCUT2D eigenvalue weighted by atomic mass is 16.6. The number of carbonyl (C=O) groups excluding carboxylic acids is 8. The normalized spacial score (nSPS) is 12.7. The molecular formula is C46H70N4O16. The van der Waals surface area contributed by atoms with E-state index in [2.05, 4.69) is 16.0 Å². The molecule has 1 aliphatic rings. The Morgan fingerprint density at radius 3 is 1.48 bits per heavy atom. The molecule has 0 bridgehead atoms. The topological polar surface area (TPSA) is 250 Å². The van der Waals surface area contributed by atoms with Crippen LogP contribution in [0.25, 0.3) is 0 Å². The van der Waals surface area contributed by atoms with E-state index >= 15 is 0 Å². The van der Waals surface area contributed by atoms with Gasteiger partial charge < -0.3 is 53.8 Å². The first-order valence-corrected chi connectivity index (χ1v) is 22.5. The first-order valence-electron chi connectivity index (χ1n) is 22.5. The first-order chi connectivity index (χ1) is 32.0. The zero-order chi connectivity index (χ0) is 48.0. The van der Waals surface area contributed by atoms with Gasteiger partial charge >= 0.3 is 0 Å². The second-order valence-electron chi connectivity index (χ2n) is 15.2. The quantitative estimate of drug-likeness (QED) is 0.0598. The van der Waals surface area contributed by atoms with Gasteiger partial charge in [-0.05, 0) is 12.0 Å². The molecule has 370 valence electrons. The molecule has 1 heterocycles. The summed E-state index contributed by atoms with van der Waals surface area (Å²) in [5, 5.41) is 7.84. The van der Waals surface area contributed by atoms with Gasteiger partial charge in [-0.3, -0.25) is 43.3 Å². The van der Waals surface area contributed by atoms with Crippen LogP contribution in [0, 0.1) is 11.8 Å². The predicted molar refractivity (Wildman–Crippen MR) is 238 cm³/mol. The molecule has 0 aliphatic carbocycles. The van der Waals surface area contributed by atoms with E-state index in [4.69, 9.17) is 37.9 Å². The molecule has 0 fully saturated rings. The Kier molecular flexibility index (Phi) is 32.4. The molecule has 0 radical (unpaired) electrons. The largest absolute Gasteiger partial charge is 0.379 e. The van der Waals surface area contributed by atoms with Crippen LogP contribution in [-0.4, -0.2) is 184 Å². The second kappa shape index (κ2) is 37.3. The number of benzene rings is 1. The second-order valence-corrected chi connectivity index (χ2v) is 15.2. The van der Waals surface area contributed by atoms with Crippen LogP contribution in [0.4, 0.5) is 0 Å². The molecule has 0 spiro atoms. The molecule has 66 heavy (non-hydrogen) atoms. The van der Waals surface area contributed by atoms with Gasteiger partial charge in [0.2, 0.25) is 17.7 Å².